The van der Waals surface area contributed by atoms with Crippen molar-refractivity contribution in [2.75, 3.05) is 22.9 Å². The predicted octanol–water partition coefficient (Wildman–Crippen LogP) is 3.53. The molecule has 0 aromatic heterocycles. The van der Waals surface area contributed by atoms with Crippen molar-refractivity contribution >= 4 is 45.0 Å². The van der Waals surface area contributed by atoms with Gasteiger partial charge in [0, 0.05) is 22.1 Å². The molecule has 1 rings (SSSR count). The summed E-state index contributed by atoms with van der Waals surface area (Å²) in [4.78, 5) is 12.6. The maximum atomic E-state index is 12.6. The number of hydrogen-bond donors (Lipinski definition) is 1. The number of carbonyl (C=O) groups is 1. The van der Waals surface area contributed by atoms with Gasteiger partial charge in [-0.1, -0.05) is 45.4 Å². The molecule has 0 aliphatic rings. The lowest BCUT2D eigenvalue weighted by atomic mass is 10.2. The van der Waals surface area contributed by atoms with Crippen LogP contribution in [0.1, 0.15) is 34.1 Å². The van der Waals surface area contributed by atoms with Gasteiger partial charge in [-0.25, -0.2) is 8.42 Å². The van der Waals surface area contributed by atoms with Crippen molar-refractivity contribution in [1.82, 2.24) is 5.32 Å². The standard InChI is InChI=1S/C17H27ClN2O3S2/c1-6-15(16(21)19-10-11-24-17(2,3)4)20(25(5,22)23)14-9-7-8-13(18)12-14/h7-9,12,15H,6,10-11H2,1-5H3,(H,19,21)/t15-/m1/s1. The third-order valence-corrected chi connectivity index (χ3v) is 6.02. The van der Waals surface area contributed by atoms with Gasteiger partial charge in [0.15, 0.2) is 0 Å². The van der Waals surface area contributed by atoms with Gasteiger partial charge in [0.25, 0.3) is 0 Å². The van der Waals surface area contributed by atoms with Gasteiger partial charge in [0.05, 0.1) is 11.9 Å². The van der Waals surface area contributed by atoms with Crippen LogP contribution in [0, 0.1) is 0 Å². The lowest BCUT2D eigenvalue weighted by molar-refractivity contribution is -0.122. The number of nitrogens with one attached hydrogen (secondary N) is 1. The van der Waals surface area contributed by atoms with Crippen LogP contribution in [-0.2, 0) is 14.8 Å². The minimum Gasteiger partial charge on any atom is -0.353 e. The maximum Gasteiger partial charge on any atom is 0.243 e. The normalized spacial score (nSPS) is 13.4. The second-order valence-electron chi connectivity index (χ2n) is 6.71. The summed E-state index contributed by atoms with van der Waals surface area (Å²) in [5, 5.41) is 3.26. The Kier molecular flexibility index (Phi) is 8.09. The van der Waals surface area contributed by atoms with Gasteiger partial charge in [0.2, 0.25) is 15.9 Å². The fraction of sp³-hybridized carbons (Fsp3) is 0.588. The Morgan fingerprint density at radius 3 is 2.48 bits per heavy atom. The minimum atomic E-state index is -3.64. The summed E-state index contributed by atoms with van der Waals surface area (Å²) in [6.07, 6.45) is 1.46. The second-order valence-corrected chi connectivity index (χ2v) is 10.9. The van der Waals surface area contributed by atoms with E-state index in [1.807, 2.05) is 0 Å². The quantitative estimate of drug-likeness (QED) is 0.670. The molecular weight excluding hydrogens is 380 g/mol. The van der Waals surface area contributed by atoms with Gasteiger partial charge in [0.1, 0.15) is 6.04 Å². The minimum absolute atomic E-state index is 0.120. The molecule has 8 heteroatoms. The lowest BCUT2D eigenvalue weighted by Crippen LogP contribution is -2.49. The molecule has 1 amide bonds. The first-order valence-electron chi connectivity index (χ1n) is 8.12. The van der Waals surface area contributed by atoms with E-state index in [1.165, 1.54) is 0 Å². The van der Waals surface area contributed by atoms with Crippen LogP contribution >= 0.6 is 23.4 Å². The Balaban J connectivity index is 2.93. The summed E-state index contributed by atoms with van der Waals surface area (Å²) >= 11 is 7.73. The average molecular weight is 407 g/mol. The molecule has 142 valence electrons. The van der Waals surface area contributed by atoms with E-state index < -0.39 is 16.1 Å². The summed E-state index contributed by atoms with van der Waals surface area (Å²) in [5.41, 5.74) is 0.390. The molecule has 1 aromatic rings. The molecule has 0 spiro atoms. The molecule has 1 N–H and O–H groups in total. The number of anilines is 1. The predicted molar refractivity (Wildman–Crippen MR) is 108 cm³/mol. The van der Waals surface area contributed by atoms with Crippen LogP contribution in [0.2, 0.25) is 5.02 Å². The first-order valence-corrected chi connectivity index (χ1v) is 11.3. The number of hydrogen-bond acceptors (Lipinski definition) is 4. The summed E-state index contributed by atoms with van der Waals surface area (Å²) in [5.74, 6) is 0.462. The van der Waals surface area contributed by atoms with Crippen molar-refractivity contribution < 1.29 is 13.2 Å². The SMILES string of the molecule is CC[C@H](C(=O)NCCSC(C)(C)C)N(c1cccc(Cl)c1)S(C)(=O)=O. The van der Waals surface area contributed by atoms with Gasteiger partial charge < -0.3 is 5.32 Å². The fourth-order valence-electron chi connectivity index (χ4n) is 2.32. The molecule has 25 heavy (non-hydrogen) atoms. The Morgan fingerprint density at radius 1 is 1.36 bits per heavy atom. The van der Waals surface area contributed by atoms with Gasteiger partial charge >= 0.3 is 0 Å². The number of carbonyl (C=O) groups excluding carboxylic acids is 1. The zero-order valence-electron chi connectivity index (χ0n) is 15.4. The molecule has 0 unspecified atom stereocenters. The molecule has 1 aromatic carbocycles. The van der Waals surface area contributed by atoms with E-state index in [0.29, 0.717) is 23.7 Å². The topological polar surface area (TPSA) is 66.5 Å². The number of sulfonamides is 1. The van der Waals surface area contributed by atoms with E-state index in [0.717, 1.165) is 16.3 Å². The average Bonchev–Trinajstić information content (AvgIpc) is 2.46. The van der Waals surface area contributed by atoms with Crippen molar-refractivity contribution in [3.63, 3.8) is 0 Å². The van der Waals surface area contributed by atoms with Crippen molar-refractivity contribution in [3.05, 3.63) is 29.3 Å². The number of rotatable bonds is 8. The molecule has 1 atom stereocenters. The molecule has 0 heterocycles. The number of halogens is 1. The van der Waals surface area contributed by atoms with Crippen molar-refractivity contribution in [2.45, 2.75) is 44.9 Å². The molecule has 0 radical (unpaired) electrons. The van der Waals surface area contributed by atoms with Gasteiger partial charge in [-0.05, 0) is 24.6 Å². The number of nitrogens with zero attached hydrogens (tertiary/aromatic N) is 1. The van der Waals surface area contributed by atoms with Gasteiger partial charge in [-0.2, -0.15) is 11.8 Å². The molecule has 0 saturated carbocycles. The monoisotopic (exact) mass is 406 g/mol. The van der Waals surface area contributed by atoms with E-state index in [4.69, 9.17) is 11.6 Å². The summed E-state index contributed by atoms with van der Waals surface area (Å²) in [6.45, 7) is 8.61. The highest BCUT2D eigenvalue weighted by Gasteiger charge is 2.31. The largest absolute Gasteiger partial charge is 0.353 e. The highest BCUT2D eigenvalue weighted by Crippen LogP contribution is 2.25. The lowest BCUT2D eigenvalue weighted by Gasteiger charge is -2.30. The molecule has 0 bridgehead atoms. The highest BCUT2D eigenvalue weighted by molar-refractivity contribution is 8.00. The van der Waals surface area contributed by atoms with E-state index in [2.05, 4.69) is 26.1 Å². The van der Waals surface area contributed by atoms with Crippen LogP contribution in [0.3, 0.4) is 0 Å². The van der Waals surface area contributed by atoms with Crippen LogP contribution in [0.25, 0.3) is 0 Å². The van der Waals surface area contributed by atoms with Gasteiger partial charge in [-0.15, -0.1) is 0 Å². The molecule has 0 aliphatic heterocycles. The molecular formula is C17H27ClN2O3S2. The molecule has 0 aliphatic carbocycles. The second kappa shape index (κ2) is 9.14. The van der Waals surface area contributed by atoms with Crippen LogP contribution in [0.5, 0.6) is 0 Å². The first-order chi connectivity index (χ1) is 11.5. The summed E-state index contributed by atoms with van der Waals surface area (Å²) < 4.78 is 25.9. The molecule has 0 saturated heterocycles. The van der Waals surface area contributed by atoms with E-state index in [1.54, 1.807) is 43.0 Å². The van der Waals surface area contributed by atoms with Crippen molar-refractivity contribution in [2.24, 2.45) is 0 Å². The third-order valence-electron chi connectivity index (χ3n) is 3.33. The molecule has 0 fully saturated rings. The third kappa shape index (κ3) is 7.46. The van der Waals surface area contributed by atoms with Crippen LogP contribution in [0.4, 0.5) is 5.69 Å². The first kappa shape index (κ1) is 22.1. The summed E-state index contributed by atoms with van der Waals surface area (Å²) in [7, 11) is -3.64. The molecule has 5 nitrogen and oxygen atoms in total. The Morgan fingerprint density at radius 2 is 2.00 bits per heavy atom. The Labute approximate surface area is 160 Å². The van der Waals surface area contributed by atoms with Crippen LogP contribution in [-0.4, -0.2) is 43.7 Å². The van der Waals surface area contributed by atoms with Crippen LogP contribution < -0.4 is 9.62 Å². The highest BCUT2D eigenvalue weighted by atomic mass is 35.5. The number of amides is 1. The fourth-order valence-corrected chi connectivity index (χ4v) is 4.53. The number of thioether (sulfide) groups is 1. The van der Waals surface area contributed by atoms with E-state index in [-0.39, 0.29) is 10.7 Å². The van der Waals surface area contributed by atoms with Gasteiger partial charge in [-0.3, -0.25) is 9.10 Å². The number of benzene rings is 1. The zero-order valence-corrected chi connectivity index (χ0v) is 17.8. The Bertz CT molecular complexity index is 687. The van der Waals surface area contributed by atoms with Crippen molar-refractivity contribution in [3.8, 4) is 0 Å². The van der Waals surface area contributed by atoms with E-state index >= 15 is 0 Å². The van der Waals surface area contributed by atoms with Crippen LogP contribution in [0.15, 0.2) is 24.3 Å². The Hall–Kier alpha value is -0.920. The van der Waals surface area contributed by atoms with Crippen molar-refractivity contribution in [1.29, 1.82) is 0 Å². The zero-order chi connectivity index (χ0) is 19.3. The smallest absolute Gasteiger partial charge is 0.243 e. The summed E-state index contributed by atoms with van der Waals surface area (Å²) in [6, 6.07) is 5.70. The van der Waals surface area contributed by atoms with E-state index in [9.17, 15) is 13.2 Å². The maximum absolute atomic E-state index is 12.6.